The molecular formula is C12H24NO12+. The molecule has 13 heteroatoms. The maximum Gasteiger partial charge on any atom is 0.453 e. The molecule has 0 saturated carbocycles. The van der Waals surface area contributed by atoms with Crippen molar-refractivity contribution in [3.63, 3.8) is 0 Å². The molecule has 25 heavy (non-hydrogen) atoms. The summed E-state index contributed by atoms with van der Waals surface area (Å²) in [6, 6.07) is 0. The number of nitrogens with zero attached hydrogens (tertiary/aromatic N) is 1. The zero-order valence-electron chi connectivity index (χ0n) is 14.0. The molecule has 0 heterocycles. The van der Waals surface area contributed by atoms with E-state index in [1.807, 2.05) is 0 Å². The van der Waals surface area contributed by atoms with Gasteiger partial charge in [-0.05, 0) is 0 Å². The highest BCUT2D eigenvalue weighted by Crippen LogP contribution is 2.46. The molecule has 2 atom stereocenters. The Balaban J connectivity index is 6.87. The molecule has 13 nitrogen and oxygen atoms in total. The van der Waals surface area contributed by atoms with Gasteiger partial charge in [-0.15, -0.1) is 4.48 Å². The van der Waals surface area contributed by atoms with Gasteiger partial charge in [0, 0.05) is 27.7 Å². The largest absolute Gasteiger partial charge is 0.481 e. The monoisotopic (exact) mass is 374 g/mol. The van der Waals surface area contributed by atoms with Crippen molar-refractivity contribution in [3.8, 4) is 0 Å². The average molecular weight is 374 g/mol. The topological polar surface area (TPSA) is 225 Å². The first-order valence-electron chi connectivity index (χ1n) is 6.81. The number of hydrogen-bond acceptors (Lipinski definition) is 11. The quantitative estimate of drug-likeness (QED) is 0.112. The second kappa shape index (κ2) is 6.71. The Labute approximate surface area is 141 Å². The fraction of sp³-hybridized carbons (Fsp3) is 0.833. The molecule has 0 saturated heterocycles. The maximum atomic E-state index is 11.1. The van der Waals surface area contributed by atoms with E-state index in [9.17, 15) is 50.4 Å². The van der Waals surface area contributed by atoms with Crippen LogP contribution in [0.5, 0.6) is 0 Å². The van der Waals surface area contributed by atoms with Crippen LogP contribution in [0, 0.1) is 0 Å². The Morgan fingerprint density at radius 3 is 1.56 bits per heavy atom. The van der Waals surface area contributed by atoms with Crippen molar-refractivity contribution >= 4 is 11.9 Å². The second-order valence-electron chi connectivity index (χ2n) is 6.12. The highest BCUT2D eigenvalue weighted by molar-refractivity contribution is 5.70. The summed E-state index contributed by atoms with van der Waals surface area (Å²) in [5, 5.41) is 88.7. The fourth-order valence-corrected chi connectivity index (χ4v) is 2.94. The van der Waals surface area contributed by atoms with Crippen molar-refractivity contribution in [1.82, 2.24) is 0 Å². The van der Waals surface area contributed by atoms with Crippen molar-refractivity contribution < 1.29 is 64.8 Å². The van der Waals surface area contributed by atoms with E-state index < -0.39 is 52.6 Å². The summed E-state index contributed by atoms with van der Waals surface area (Å²) in [6.07, 6.45) is -8.44. The molecule has 9 N–H and O–H groups in total. The van der Waals surface area contributed by atoms with Gasteiger partial charge in [-0.2, -0.15) is 0 Å². The van der Waals surface area contributed by atoms with Gasteiger partial charge in [-0.1, -0.05) is 0 Å². The van der Waals surface area contributed by atoms with Crippen molar-refractivity contribution in [2.45, 2.75) is 63.9 Å². The van der Waals surface area contributed by atoms with Crippen LogP contribution < -0.4 is 0 Å². The number of aliphatic carboxylic acids is 1. The number of ether oxygens (including phenoxy) is 1. The Morgan fingerprint density at radius 1 is 0.960 bits per heavy atom. The summed E-state index contributed by atoms with van der Waals surface area (Å²) in [7, 11) is 0. The molecule has 0 aromatic carbocycles. The van der Waals surface area contributed by atoms with Gasteiger partial charge in [0.05, 0.1) is 6.42 Å². The van der Waals surface area contributed by atoms with Crippen LogP contribution in [0.25, 0.3) is 0 Å². The number of carbonyl (C=O) groups is 2. The molecule has 0 spiro atoms. The number of rotatable bonds is 8. The minimum Gasteiger partial charge on any atom is -0.481 e. The van der Waals surface area contributed by atoms with Crippen LogP contribution in [0.2, 0.25) is 0 Å². The molecule has 0 rings (SSSR count). The Kier molecular flexibility index (Phi) is 6.33. The average Bonchev–Trinajstić information content (AvgIpc) is 2.19. The number of carbonyl (C=O) groups excluding carboxylic acids is 1. The predicted octanol–water partition coefficient (Wildman–Crippen LogP) is -4.18. The van der Waals surface area contributed by atoms with E-state index in [0.29, 0.717) is 20.8 Å². The van der Waals surface area contributed by atoms with Crippen LogP contribution in [-0.2, 0) is 14.3 Å². The van der Waals surface area contributed by atoms with E-state index in [4.69, 9.17) is 5.11 Å². The minimum absolute atomic E-state index is 0.329. The van der Waals surface area contributed by atoms with Gasteiger partial charge in [0.25, 0.3) is 0 Å². The molecule has 0 radical (unpaired) electrons. The number of quaternary nitrogens is 1. The van der Waals surface area contributed by atoms with Gasteiger partial charge in [0.1, 0.15) is 0 Å². The van der Waals surface area contributed by atoms with Gasteiger partial charge in [-0.25, -0.2) is 0 Å². The van der Waals surface area contributed by atoms with Crippen LogP contribution in [-0.4, -0.2) is 92.1 Å². The summed E-state index contributed by atoms with van der Waals surface area (Å²) in [6.45, 7) is 2.30. The number of esters is 1. The highest BCUT2D eigenvalue weighted by atomic mass is 16.8. The predicted molar refractivity (Wildman–Crippen MR) is 73.8 cm³/mol. The molecule has 0 aliphatic carbocycles. The van der Waals surface area contributed by atoms with E-state index in [-0.39, 0.29) is 0 Å². The first-order chi connectivity index (χ1) is 10.7. The number of carboxylic acid groups (broad SMARTS) is 1. The first-order valence-corrected chi connectivity index (χ1v) is 6.81. The standard InChI is InChI=1S/C12H23NO12/c1-6(14)25-7(5-8(15)16)11(20,21)13(9(2,3)17,10(4,18)19)12(22,23)24/h7,17-24H,5H2,1-4H3/p+1. The molecule has 0 fully saturated rings. The molecule has 148 valence electrons. The number of aliphatic hydroxyl groups is 8. The zero-order valence-corrected chi connectivity index (χ0v) is 14.0. The lowest BCUT2D eigenvalue weighted by molar-refractivity contribution is -1.22. The Bertz CT molecular complexity index is 458. The van der Waals surface area contributed by atoms with E-state index in [1.165, 1.54) is 0 Å². The lowest BCUT2D eigenvalue weighted by atomic mass is 10.0. The van der Waals surface area contributed by atoms with Crippen LogP contribution in [0.3, 0.4) is 0 Å². The molecule has 2 unspecified atom stereocenters. The molecule has 0 aliphatic rings. The van der Waals surface area contributed by atoms with Gasteiger partial charge in [0.15, 0.2) is 0 Å². The second-order valence-corrected chi connectivity index (χ2v) is 6.12. The molecule has 0 bridgehead atoms. The Morgan fingerprint density at radius 2 is 1.36 bits per heavy atom. The minimum atomic E-state index is -4.48. The van der Waals surface area contributed by atoms with Gasteiger partial charge in [0.2, 0.25) is 11.8 Å². The highest BCUT2D eigenvalue weighted by Gasteiger charge is 2.80. The fourth-order valence-electron chi connectivity index (χ4n) is 2.94. The lowest BCUT2D eigenvalue weighted by Crippen LogP contribution is -2.91. The summed E-state index contributed by atoms with van der Waals surface area (Å²) >= 11 is 0. The third kappa shape index (κ3) is 4.05. The van der Waals surface area contributed by atoms with Crippen LogP contribution in [0.4, 0.5) is 0 Å². The van der Waals surface area contributed by atoms with Gasteiger partial charge < -0.3 is 35.4 Å². The van der Waals surface area contributed by atoms with E-state index in [0.717, 1.165) is 6.92 Å². The van der Waals surface area contributed by atoms with E-state index >= 15 is 0 Å². The maximum absolute atomic E-state index is 11.1. The van der Waals surface area contributed by atoms with Crippen molar-refractivity contribution in [3.05, 3.63) is 0 Å². The zero-order chi connectivity index (χ0) is 20.6. The molecule has 0 aromatic heterocycles. The normalized spacial score (nSPS) is 17.6. The lowest BCUT2D eigenvalue weighted by Gasteiger charge is -2.59. The molecule has 0 aromatic rings. The van der Waals surface area contributed by atoms with Crippen molar-refractivity contribution in [2.75, 3.05) is 0 Å². The summed E-state index contributed by atoms with van der Waals surface area (Å²) in [5.74, 6) is -10.9. The van der Waals surface area contributed by atoms with Crippen molar-refractivity contribution in [1.29, 1.82) is 0 Å². The van der Waals surface area contributed by atoms with Gasteiger partial charge in [-0.3, -0.25) is 24.9 Å². The molecule has 0 amide bonds. The summed E-state index contributed by atoms with van der Waals surface area (Å²) < 4.78 is 1.43. The summed E-state index contributed by atoms with van der Waals surface area (Å²) in [5.41, 5.74) is -2.98. The molecular weight excluding hydrogens is 350 g/mol. The van der Waals surface area contributed by atoms with Gasteiger partial charge >= 0.3 is 29.9 Å². The first kappa shape index (κ1) is 23.6. The smallest absolute Gasteiger partial charge is 0.453 e. The molecule has 0 aliphatic heterocycles. The van der Waals surface area contributed by atoms with Crippen molar-refractivity contribution in [2.24, 2.45) is 0 Å². The van der Waals surface area contributed by atoms with E-state index in [1.54, 1.807) is 0 Å². The van der Waals surface area contributed by atoms with Crippen LogP contribution in [0.15, 0.2) is 0 Å². The summed E-state index contributed by atoms with van der Waals surface area (Å²) in [4.78, 5) is 22.1. The van der Waals surface area contributed by atoms with E-state index in [2.05, 4.69) is 4.74 Å². The van der Waals surface area contributed by atoms with Crippen LogP contribution >= 0.6 is 0 Å². The number of hydrogen-bond donors (Lipinski definition) is 9. The third-order valence-electron chi connectivity index (χ3n) is 3.50. The Hall–Kier alpha value is -1.42. The number of carboxylic acids is 1. The van der Waals surface area contributed by atoms with Crippen LogP contribution in [0.1, 0.15) is 34.1 Å². The third-order valence-corrected chi connectivity index (χ3v) is 3.50. The SMILES string of the molecule is CC(=O)OC(CC(=O)O)C(O)(O)[N+](C(C)(C)O)(C(C)(O)O)C(O)(O)O.